The lowest BCUT2D eigenvalue weighted by Gasteiger charge is -2.26. The SMILES string of the molecule is O=C(OCc1ccccc1)N1CCC[C@H]1C(Br)CF. The molecule has 2 rings (SSSR count). The molecular weight excluding hydrogens is 313 g/mol. The van der Waals surface area contributed by atoms with E-state index in [1.165, 1.54) is 0 Å². The summed E-state index contributed by atoms with van der Waals surface area (Å²) < 4.78 is 18.0. The van der Waals surface area contributed by atoms with Crippen LogP contribution >= 0.6 is 15.9 Å². The summed E-state index contributed by atoms with van der Waals surface area (Å²) in [6.45, 7) is 0.416. The summed E-state index contributed by atoms with van der Waals surface area (Å²) in [6, 6.07) is 9.43. The molecule has 0 spiro atoms. The maximum atomic E-state index is 12.7. The first-order valence-corrected chi connectivity index (χ1v) is 7.31. The summed E-state index contributed by atoms with van der Waals surface area (Å²) in [4.78, 5) is 13.3. The summed E-state index contributed by atoms with van der Waals surface area (Å²) >= 11 is 3.28. The van der Waals surface area contributed by atoms with E-state index >= 15 is 0 Å². The predicted molar refractivity (Wildman–Crippen MR) is 75.0 cm³/mol. The highest BCUT2D eigenvalue weighted by molar-refractivity contribution is 9.09. The second-order valence-electron chi connectivity index (χ2n) is 4.61. The van der Waals surface area contributed by atoms with Gasteiger partial charge in [-0.2, -0.15) is 0 Å². The van der Waals surface area contributed by atoms with E-state index in [0.29, 0.717) is 6.54 Å². The Morgan fingerprint density at radius 3 is 2.89 bits per heavy atom. The van der Waals surface area contributed by atoms with Crippen LogP contribution in [0.3, 0.4) is 0 Å². The largest absolute Gasteiger partial charge is 0.445 e. The maximum Gasteiger partial charge on any atom is 0.410 e. The van der Waals surface area contributed by atoms with Crippen LogP contribution in [0.2, 0.25) is 0 Å². The van der Waals surface area contributed by atoms with E-state index in [1.807, 2.05) is 30.3 Å². The summed E-state index contributed by atoms with van der Waals surface area (Å²) in [5, 5.41) is 0. The fourth-order valence-electron chi connectivity index (χ4n) is 2.30. The van der Waals surface area contributed by atoms with Crippen molar-refractivity contribution in [3.8, 4) is 0 Å². The number of benzene rings is 1. The van der Waals surface area contributed by atoms with Crippen LogP contribution in [0, 0.1) is 0 Å². The first-order chi connectivity index (χ1) is 9.22. The molecule has 19 heavy (non-hydrogen) atoms. The van der Waals surface area contributed by atoms with Gasteiger partial charge in [-0.05, 0) is 18.4 Å². The van der Waals surface area contributed by atoms with Crippen molar-refractivity contribution >= 4 is 22.0 Å². The van der Waals surface area contributed by atoms with Gasteiger partial charge < -0.3 is 9.64 Å². The van der Waals surface area contributed by atoms with E-state index in [9.17, 15) is 9.18 Å². The molecule has 3 nitrogen and oxygen atoms in total. The van der Waals surface area contributed by atoms with E-state index in [1.54, 1.807) is 4.90 Å². The lowest BCUT2D eigenvalue weighted by Crippen LogP contribution is -2.41. The van der Waals surface area contributed by atoms with Crippen LogP contribution in [-0.4, -0.2) is 35.1 Å². The van der Waals surface area contributed by atoms with Crippen molar-refractivity contribution in [1.82, 2.24) is 4.90 Å². The van der Waals surface area contributed by atoms with Crippen molar-refractivity contribution in [2.75, 3.05) is 13.2 Å². The van der Waals surface area contributed by atoms with Gasteiger partial charge in [-0.25, -0.2) is 9.18 Å². The third-order valence-corrected chi connectivity index (χ3v) is 4.16. The Morgan fingerprint density at radius 1 is 1.47 bits per heavy atom. The van der Waals surface area contributed by atoms with Gasteiger partial charge in [0.15, 0.2) is 0 Å². The molecule has 0 aliphatic carbocycles. The van der Waals surface area contributed by atoms with Gasteiger partial charge in [0.2, 0.25) is 0 Å². The van der Waals surface area contributed by atoms with Crippen LogP contribution in [0.1, 0.15) is 18.4 Å². The summed E-state index contributed by atoms with van der Waals surface area (Å²) in [6.07, 6.45) is 1.36. The number of likely N-dealkylation sites (tertiary alicyclic amines) is 1. The minimum absolute atomic E-state index is 0.103. The van der Waals surface area contributed by atoms with Gasteiger partial charge in [-0.3, -0.25) is 0 Å². The van der Waals surface area contributed by atoms with Gasteiger partial charge in [-0.15, -0.1) is 0 Å². The second-order valence-corrected chi connectivity index (χ2v) is 5.79. The molecule has 0 saturated carbocycles. The van der Waals surface area contributed by atoms with Crippen molar-refractivity contribution in [3.63, 3.8) is 0 Å². The standard InChI is InChI=1S/C14H17BrFNO2/c15-12(9-16)13-7-4-8-17(13)14(18)19-10-11-5-2-1-3-6-11/h1-3,5-6,12-13H,4,7-10H2/t12?,13-/m0/s1. The fraction of sp³-hybridized carbons (Fsp3) is 0.500. The number of ether oxygens (including phenoxy) is 1. The molecule has 104 valence electrons. The molecule has 1 aromatic rings. The normalized spacial score (nSPS) is 20.3. The highest BCUT2D eigenvalue weighted by atomic mass is 79.9. The molecular formula is C14H17BrFNO2. The Hall–Kier alpha value is -1.10. The average Bonchev–Trinajstić information content (AvgIpc) is 2.94. The van der Waals surface area contributed by atoms with Crippen molar-refractivity contribution in [1.29, 1.82) is 0 Å². The highest BCUT2D eigenvalue weighted by Crippen LogP contribution is 2.25. The highest BCUT2D eigenvalue weighted by Gasteiger charge is 2.34. The zero-order valence-electron chi connectivity index (χ0n) is 10.6. The Morgan fingerprint density at radius 2 is 2.21 bits per heavy atom. The van der Waals surface area contributed by atoms with Gasteiger partial charge in [0.25, 0.3) is 0 Å². The van der Waals surface area contributed by atoms with Crippen LogP contribution in [0.5, 0.6) is 0 Å². The summed E-state index contributed by atoms with van der Waals surface area (Å²) in [7, 11) is 0. The van der Waals surface area contributed by atoms with Crippen molar-refractivity contribution in [2.45, 2.75) is 30.3 Å². The number of rotatable bonds is 4. The van der Waals surface area contributed by atoms with E-state index < -0.39 is 6.67 Å². The van der Waals surface area contributed by atoms with E-state index in [2.05, 4.69) is 15.9 Å². The van der Waals surface area contributed by atoms with Gasteiger partial charge in [0.05, 0.1) is 10.9 Å². The predicted octanol–water partition coefficient (Wildman–Crippen LogP) is 3.52. The Bertz CT molecular complexity index is 415. The molecule has 2 atom stereocenters. The van der Waals surface area contributed by atoms with Crippen molar-refractivity contribution in [2.24, 2.45) is 0 Å². The number of carbonyl (C=O) groups excluding carboxylic acids is 1. The minimum Gasteiger partial charge on any atom is -0.445 e. The monoisotopic (exact) mass is 329 g/mol. The van der Waals surface area contributed by atoms with E-state index in [0.717, 1.165) is 18.4 Å². The zero-order chi connectivity index (χ0) is 13.7. The average molecular weight is 330 g/mol. The molecule has 1 unspecified atom stereocenters. The number of amides is 1. The molecule has 1 aromatic carbocycles. The quantitative estimate of drug-likeness (QED) is 0.791. The van der Waals surface area contributed by atoms with Gasteiger partial charge in [0.1, 0.15) is 13.3 Å². The third-order valence-electron chi connectivity index (χ3n) is 3.30. The van der Waals surface area contributed by atoms with Gasteiger partial charge in [0, 0.05) is 6.54 Å². The van der Waals surface area contributed by atoms with Gasteiger partial charge in [-0.1, -0.05) is 46.3 Å². The smallest absolute Gasteiger partial charge is 0.410 e. The number of alkyl halides is 2. The molecule has 1 aliphatic heterocycles. The summed E-state index contributed by atoms with van der Waals surface area (Å²) in [5.74, 6) is 0. The van der Waals surface area contributed by atoms with Crippen LogP contribution in [0.4, 0.5) is 9.18 Å². The molecule has 0 aromatic heterocycles. The van der Waals surface area contributed by atoms with Crippen LogP contribution < -0.4 is 0 Å². The second kappa shape index (κ2) is 6.89. The number of nitrogens with zero attached hydrogens (tertiary/aromatic N) is 1. The topological polar surface area (TPSA) is 29.5 Å². The van der Waals surface area contributed by atoms with Crippen LogP contribution in [-0.2, 0) is 11.3 Å². The molecule has 1 heterocycles. The van der Waals surface area contributed by atoms with E-state index in [-0.39, 0.29) is 23.6 Å². The molecule has 0 bridgehead atoms. The Balaban J connectivity index is 1.89. The maximum absolute atomic E-state index is 12.7. The molecule has 1 saturated heterocycles. The Labute approximate surface area is 120 Å². The zero-order valence-corrected chi connectivity index (χ0v) is 12.2. The summed E-state index contributed by atoms with van der Waals surface area (Å²) in [5.41, 5.74) is 0.951. The van der Waals surface area contributed by atoms with Crippen molar-refractivity contribution in [3.05, 3.63) is 35.9 Å². The number of hydrogen-bond donors (Lipinski definition) is 0. The van der Waals surface area contributed by atoms with E-state index in [4.69, 9.17) is 4.74 Å². The third kappa shape index (κ3) is 3.69. The number of hydrogen-bond acceptors (Lipinski definition) is 2. The number of halogens is 2. The first kappa shape index (κ1) is 14.3. The molecule has 0 radical (unpaired) electrons. The molecule has 1 aliphatic rings. The fourth-order valence-corrected chi connectivity index (χ4v) is 2.85. The lowest BCUT2D eigenvalue weighted by molar-refractivity contribution is 0.0910. The van der Waals surface area contributed by atoms with Gasteiger partial charge >= 0.3 is 6.09 Å². The lowest BCUT2D eigenvalue weighted by atomic mass is 10.2. The van der Waals surface area contributed by atoms with Crippen LogP contribution in [0.15, 0.2) is 30.3 Å². The minimum atomic E-state index is -0.479. The van der Waals surface area contributed by atoms with Crippen molar-refractivity contribution < 1.29 is 13.9 Å². The number of carbonyl (C=O) groups is 1. The molecule has 1 fully saturated rings. The Kier molecular flexibility index (Phi) is 5.19. The molecule has 0 N–H and O–H groups in total. The van der Waals surface area contributed by atoms with Crippen LogP contribution in [0.25, 0.3) is 0 Å². The first-order valence-electron chi connectivity index (χ1n) is 6.39. The molecule has 5 heteroatoms. The molecule has 1 amide bonds.